The average molecular weight is 431 g/mol. The number of hydrogen-bond acceptors (Lipinski definition) is 4. The molecule has 1 amide bonds. The molecule has 1 aromatic heterocycles. The smallest absolute Gasteiger partial charge is 0.226 e. The predicted octanol–water partition coefficient (Wildman–Crippen LogP) is 2.99. The van der Waals surface area contributed by atoms with Gasteiger partial charge in [-0.3, -0.25) is 4.79 Å². The van der Waals surface area contributed by atoms with E-state index in [9.17, 15) is 22.7 Å². The molecule has 2 N–H and O–H groups in total. The van der Waals surface area contributed by atoms with Gasteiger partial charge in [-0.15, -0.1) is 0 Å². The van der Waals surface area contributed by atoms with E-state index in [1.807, 2.05) is 17.6 Å². The maximum atomic E-state index is 13.4. The van der Waals surface area contributed by atoms with Gasteiger partial charge in [0.1, 0.15) is 12.0 Å². The number of halogens is 1. The van der Waals surface area contributed by atoms with Crippen LogP contribution >= 0.6 is 0 Å². The highest BCUT2D eigenvalue weighted by atomic mass is 32.2. The Morgan fingerprint density at radius 1 is 1.13 bits per heavy atom. The maximum absolute atomic E-state index is 13.4. The summed E-state index contributed by atoms with van der Waals surface area (Å²) in [7, 11) is -3.32. The fourth-order valence-electron chi connectivity index (χ4n) is 3.30. The summed E-state index contributed by atoms with van der Waals surface area (Å²) in [5.74, 6) is -0.692. The van der Waals surface area contributed by atoms with Crippen molar-refractivity contribution >= 4 is 15.7 Å². The lowest BCUT2D eigenvalue weighted by Crippen LogP contribution is -2.33. The molecule has 3 rings (SSSR count). The van der Waals surface area contributed by atoms with E-state index in [2.05, 4.69) is 5.32 Å². The van der Waals surface area contributed by atoms with Gasteiger partial charge in [0.05, 0.1) is 17.0 Å². The number of carbonyl (C=O) groups excluding carboxylic acids is 1. The Morgan fingerprint density at radius 3 is 2.27 bits per heavy atom. The summed E-state index contributed by atoms with van der Waals surface area (Å²) in [5, 5.41) is 11.8. The van der Waals surface area contributed by atoms with E-state index in [1.54, 1.807) is 24.3 Å². The number of aromatic nitrogens is 1. The Hall–Kier alpha value is -2.97. The molecule has 0 aliphatic heterocycles. The zero-order valence-electron chi connectivity index (χ0n) is 16.9. The number of nitrogens with zero attached hydrogens (tertiary/aromatic N) is 1. The first-order chi connectivity index (χ1) is 14.1. The van der Waals surface area contributed by atoms with Crippen LogP contribution in [0.2, 0.25) is 0 Å². The highest BCUT2D eigenvalue weighted by Crippen LogP contribution is 2.30. The van der Waals surface area contributed by atoms with Crippen LogP contribution in [0.4, 0.5) is 4.39 Å². The van der Waals surface area contributed by atoms with E-state index in [0.717, 1.165) is 28.8 Å². The van der Waals surface area contributed by atoms with E-state index < -0.39 is 16.1 Å². The van der Waals surface area contributed by atoms with Crippen molar-refractivity contribution in [2.45, 2.75) is 31.4 Å². The first kappa shape index (κ1) is 21.7. The number of hydrogen-bond donors (Lipinski definition) is 2. The maximum Gasteiger partial charge on any atom is 0.226 e. The summed E-state index contributed by atoms with van der Waals surface area (Å²) >= 11 is 0. The molecule has 6 nitrogen and oxygen atoms in total. The lowest BCUT2D eigenvalue weighted by molar-refractivity contribution is -0.123. The Morgan fingerprint density at radius 2 is 1.73 bits per heavy atom. The van der Waals surface area contributed by atoms with Crippen molar-refractivity contribution in [3.05, 3.63) is 71.7 Å². The lowest BCUT2D eigenvalue weighted by atomic mass is 10.1. The van der Waals surface area contributed by atoms with Crippen molar-refractivity contribution < 1.29 is 22.7 Å². The van der Waals surface area contributed by atoms with Gasteiger partial charge in [0.2, 0.25) is 5.91 Å². The number of amides is 1. The zero-order valence-corrected chi connectivity index (χ0v) is 17.7. The van der Waals surface area contributed by atoms with Gasteiger partial charge in [0.25, 0.3) is 0 Å². The van der Waals surface area contributed by atoms with Gasteiger partial charge >= 0.3 is 0 Å². The Kier molecular flexibility index (Phi) is 6.09. The minimum atomic E-state index is -3.32. The van der Waals surface area contributed by atoms with Crippen molar-refractivity contribution in [1.82, 2.24) is 9.88 Å². The summed E-state index contributed by atoms with van der Waals surface area (Å²) in [6, 6.07) is 14.3. The summed E-state index contributed by atoms with van der Waals surface area (Å²) in [5.41, 5.74) is 3.71. The van der Waals surface area contributed by atoms with Crippen LogP contribution in [0.25, 0.3) is 16.9 Å². The molecule has 158 valence electrons. The van der Waals surface area contributed by atoms with Crippen LogP contribution < -0.4 is 5.32 Å². The van der Waals surface area contributed by atoms with Gasteiger partial charge in [-0.1, -0.05) is 12.1 Å². The van der Waals surface area contributed by atoms with Crippen LogP contribution in [0, 0.1) is 12.7 Å². The van der Waals surface area contributed by atoms with Gasteiger partial charge in [-0.05, 0) is 67.4 Å². The first-order valence-electron chi connectivity index (χ1n) is 9.31. The minimum absolute atomic E-state index is 0.0549. The standard InChI is InChI=1S/C22H23FN2O4S/c1-14-17(13-22(27)24-15(2)26)12-21(25(14)19-8-6-18(23)7-9-19)16-4-10-20(11-5-16)30(3,28)29/h4-12,15,26H,13H2,1-3H3,(H,24,27). The molecule has 2 aromatic carbocycles. The predicted molar refractivity (Wildman–Crippen MR) is 113 cm³/mol. The molecule has 1 unspecified atom stereocenters. The Balaban J connectivity index is 2.11. The molecule has 1 heterocycles. The highest BCUT2D eigenvalue weighted by molar-refractivity contribution is 7.90. The number of sulfone groups is 1. The first-order valence-corrected chi connectivity index (χ1v) is 11.2. The third kappa shape index (κ3) is 4.77. The number of nitrogens with one attached hydrogen (secondary N) is 1. The highest BCUT2D eigenvalue weighted by Gasteiger charge is 2.18. The quantitative estimate of drug-likeness (QED) is 0.589. The monoisotopic (exact) mass is 430 g/mol. The average Bonchev–Trinajstić information content (AvgIpc) is 2.97. The second-order valence-corrected chi connectivity index (χ2v) is 9.18. The summed E-state index contributed by atoms with van der Waals surface area (Å²) in [4.78, 5) is 12.4. The summed E-state index contributed by atoms with van der Waals surface area (Å²) < 4.78 is 38.9. The number of aliphatic hydroxyl groups is 1. The second kappa shape index (κ2) is 8.41. The second-order valence-electron chi connectivity index (χ2n) is 7.17. The number of benzene rings is 2. The van der Waals surface area contributed by atoms with E-state index in [1.165, 1.54) is 31.2 Å². The fourth-order valence-corrected chi connectivity index (χ4v) is 3.93. The molecule has 0 spiro atoms. The zero-order chi connectivity index (χ0) is 22.1. The van der Waals surface area contributed by atoms with Crippen molar-refractivity contribution in [3.63, 3.8) is 0 Å². The third-order valence-electron chi connectivity index (χ3n) is 4.74. The topological polar surface area (TPSA) is 88.4 Å². The van der Waals surface area contributed by atoms with Crippen LogP contribution in [0.5, 0.6) is 0 Å². The number of carbonyl (C=O) groups is 1. The molecule has 0 saturated heterocycles. The van der Waals surface area contributed by atoms with Crippen molar-refractivity contribution in [1.29, 1.82) is 0 Å². The van der Waals surface area contributed by atoms with Crippen molar-refractivity contribution in [2.24, 2.45) is 0 Å². The Labute approximate surface area is 174 Å². The fraction of sp³-hybridized carbons (Fsp3) is 0.227. The summed E-state index contributed by atoms with van der Waals surface area (Å²) in [6.45, 7) is 3.31. The van der Waals surface area contributed by atoms with Crippen molar-refractivity contribution in [2.75, 3.05) is 6.26 Å². The van der Waals surface area contributed by atoms with E-state index >= 15 is 0 Å². The summed E-state index contributed by atoms with van der Waals surface area (Å²) in [6.07, 6.45) is 0.242. The molecule has 0 aliphatic rings. The number of rotatable bonds is 6. The van der Waals surface area contributed by atoms with Crippen LogP contribution in [0.15, 0.2) is 59.5 Å². The normalized spacial score (nSPS) is 12.6. The molecule has 3 aromatic rings. The lowest BCUT2D eigenvalue weighted by Gasteiger charge is -2.13. The molecule has 0 radical (unpaired) electrons. The van der Waals surface area contributed by atoms with E-state index in [-0.39, 0.29) is 23.0 Å². The minimum Gasteiger partial charge on any atom is -0.374 e. The molecule has 0 aliphatic carbocycles. The molecular weight excluding hydrogens is 407 g/mol. The number of aliphatic hydroxyl groups excluding tert-OH is 1. The van der Waals surface area contributed by atoms with E-state index in [4.69, 9.17) is 0 Å². The van der Waals surface area contributed by atoms with E-state index in [0.29, 0.717) is 5.69 Å². The van der Waals surface area contributed by atoms with Crippen LogP contribution in [0.1, 0.15) is 18.2 Å². The Bertz CT molecular complexity index is 1170. The molecule has 0 saturated carbocycles. The van der Waals surface area contributed by atoms with Crippen molar-refractivity contribution in [3.8, 4) is 16.9 Å². The molecule has 8 heteroatoms. The van der Waals surface area contributed by atoms with Gasteiger partial charge < -0.3 is 15.0 Å². The van der Waals surface area contributed by atoms with Gasteiger partial charge in [-0.2, -0.15) is 0 Å². The van der Waals surface area contributed by atoms with Gasteiger partial charge in [0.15, 0.2) is 9.84 Å². The van der Waals surface area contributed by atoms with Gasteiger partial charge in [0, 0.05) is 17.6 Å². The third-order valence-corrected chi connectivity index (χ3v) is 5.86. The molecular formula is C22H23FN2O4S. The van der Waals surface area contributed by atoms with Crippen LogP contribution in [-0.2, 0) is 21.1 Å². The molecule has 0 fully saturated rings. The largest absolute Gasteiger partial charge is 0.374 e. The molecule has 1 atom stereocenters. The molecule has 0 bridgehead atoms. The van der Waals surface area contributed by atoms with Crippen LogP contribution in [0.3, 0.4) is 0 Å². The molecule has 30 heavy (non-hydrogen) atoms. The van der Waals surface area contributed by atoms with Gasteiger partial charge in [-0.25, -0.2) is 12.8 Å². The SMILES string of the molecule is Cc1c(CC(=O)NC(C)O)cc(-c2ccc(S(C)(=O)=O)cc2)n1-c1ccc(F)cc1. The van der Waals surface area contributed by atoms with Crippen LogP contribution in [-0.4, -0.2) is 36.5 Å².